The minimum Gasteiger partial charge on any atom is -0.507 e. The standard InChI is InChI=1S/C59H50N4O/c1-58(2,3)44-32-42(33-45(37-44)59(4,5)6)43-35-53(62-54(36-43)50-18-8-10-23-56(50)64)41-16-13-15-40(31-41)52-34-39(28-30-61-52)47-19-14-20-49-48-17-7-9-22-55(48)63(57(47)49)46-26-24-38(25-27-46)51-21-11-12-29-60-51/h7-37,64H,1-6H3. The number of phenolic OH excluding ortho intramolecular Hbond substituents is 1. The highest BCUT2D eigenvalue weighted by atomic mass is 16.3. The smallest absolute Gasteiger partial charge is 0.124 e. The van der Waals surface area contributed by atoms with Gasteiger partial charge in [-0.3, -0.25) is 9.97 Å². The Labute approximate surface area is 375 Å². The zero-order valence-corrected chi connectivity index (χ0v) is 37.1. The summed E-state index contributed by atoms with van der Waals surface area (Å²) in [6, 6.07) is 61.4. The SMILES string of the molecule is CC(C)(C)c1cc(-c2cc(-c3cccc(-c4cc(-c5cccc6c7ccccc7n(-c7ccc(-c8ccccn8)cc7)c56)ccn4)c3)nc(-c3ccccc3O)c2)cc(C(C)(C)C)c1. The van der Waals surface area contributed by atoms with E-state index in [4.69, 9.17) is 9.97 Å². The third-order valence-electron chi connectivity index (χ3n) is 12.3. The van der Waals surface area contributed by atoms with E-state index >= 15 is 0 Å². The van der Waals surface area contributed by atoms with Crippen molar-refractivity contribution < 1.29 is 5.11 Å². The molecule has 10 rings (SSSR count). The molecule has 4 aromatic heterocycles. The highest BCUT2D eigenvalue weighted by Crippen LogP contribution is 2.41. The first-order chi connectivity index (χ1) is 30.9. The zero-order chi connectivity index (χ0) is 44.2. The molecular formula is C59H50N4O. The van der Waals surface area contributed by atoms with Crippen molar-refractivity contribution in [1.29, 1.82) is 0 Å². The molecule has 0 amide bonds. The first kappa shape index (κ1) is 40.4. The minimum atomic E-state index is -0.0452. The summed E-state index contributed by atoms with van der Waals surface area (Å²) < 4.78 is 2.38. The number of para-hydroxylation sites is 3. The summed E-state index contributed by atoms with van der Waals surface area (Å²) in [6.07, 6.45) is 3.75. The second kappa shape index (κ2) is 15.9. The average molecular weight is 831 g/mol. The van der Waals surface area contributed by atoms with Crippen LogP contribution in [0.15, 0.2) is 188 Å². The van der Waals surface area contributed by atoms with E-state index in [9.17, 15) is 5.11 Å². The van der Waals surface area contributed by atoms with Gasteiger partial charge in [0.2, 0.25) is 0 Å². The van der Waals surface area contributed by atoms with Gasteiger partial charge in [-0.15, -0.1) is 0 Å². The molecule has 4 heterocycles. The third kappa shape index (κ3) is 7.64. The van der Waals surface area contributed by atoms with Crippen LogP contribution in [0, 0.1) is 0 Å². The number of hydrogen-bond donors (Lipinski definition) is 1. The lowest BCUT2D eigenvalue weighted by Crippen LogP contribution is -2.16. The number of aromatic hydroxyl groups is 1. The molecule has 5 nitrogen and oxygen atoms in total. The first-order valence-electron chi connectivity index (χ1n) is 22.0. The molecule has 64 heavy (non-hydrogen) atoms. The highest BCUT2D eigenvalue weighted by molar-refractivity contribution is 6.13. The average Bonchev–Trinajstić information content (AvgIpc) is 3.66. The van der Waals surface area contributed by atoms with E-state index in [1.807, 2.05) is 48.8 Å². The summed E-state index contributed by atoms with van der Waals surface area (Å²) in [5, 5.41) is 13.5. The molecule has 0 saturated heterocycles. The molecule has 1 N–H and O–H groups in total. The Kier molecular flexibility index (Phi) is 10.1. The number of hydrogen-bond acceptors (Lipinski definition) is 4. The maximum atomic E-state index is 11.1. The molecule has 0 saturated carbocycles. The predicted octanol–water partition coefficient (Wildman–Crippen LogP) is 15.3. The molecule has 0 unspecified atom stereocenters. The van der Waals surface area contributed by atoms with Crippen LogP contribution in [-0.4, -0.2) is 24.6 Å². The normalized spacial score (nSPS) is 12.0. The van der Waals surface area contributed by atoms with E-state index in [1.54, 1.807) is 6.07 Å². The van der Waals surface area contributed by atoms with Crippen LogP contribution in [0.5, 0.6) is 5.75 Å². The molecule has 10 aromatic rings. The molecule has 6 aromatic carbocycles. The van der Waals surface area contributed by atoms with Gasteiger partial charge in [0.15, 0.2) is 0 Å². The van der Waals surface area contributed by atoms with E-state index in [-0.39, 0.29) is 16.6 Å². The summed E-state index contributed by atoms with van der Waals surface area (Å²) in [7, 11) is 0. The van der Waals surface area contributed by atoms with Gasteiger partial charge in [0.1, 0.15) is 5.75 Å². The van der Waals surface area contributed by atoms with Crippen LogP contribution in [0.2, 0.25) is 0 Å². The molecule has 0 bridgehead atoms. The molecule has 0 fully saturated rings. The van der Waals surface area contributed by atoms with Crippen LogP contribution in [-0.2, 0) is 10.8 Å². The number of benzene rings is 6. The zero-order valence-electron chi connectivity index (χ0n) is 37.1. The lowest BCUT2D eigenvalue weighted by molar-refractivity contribution is 0.477. The van der Waals surface area contributed by atoms with E-state index in [0.717, 1.165) is 72.7 Å². The second-order valence-electron chi connectivity index (χ2n) is 18.8. The number of phenols is 1. The maximum Gasteiger partial charge on any atom is 0.124 e. The van der Waals surface area contributed by atoms with Crippen molar-refractivity contribution in [2.75, 3.05) is 0 Å². The predicted molar refractivity (Wildman–Crippen MR) is 266 cm³/mol. The molecule has 0 aliphatic heterocycles. The summed E-state index contributed by atoms with van der Waals surface area (Å²) >= 11 is 0. The Bertz CT molecular complexity index is 3320. The second-order valence-corrected chi connectivity index (χ2v) is 18.8. The highest BCUT2D eigenvalue weighted by Gasteiger charge is 2.23. The van der Waals surface area contributed by atoms with Gasteiger partial charge in [0.05, 0.1) is 33.8 Å². The minimum absolute atomic E-state index is 0.0452. The van der Waals surface area contributed by atoms with Gasteiger partial charge >= 0.3 is 0 Å². The summed E-state index contributed by atoms with van der Waals surface area (Å²) in [5.74, 6) is 0.197. The Hall–Kier alpha value is -7.63. The van der Waals surface area contributed by atoms with Crippen molar-refractivity contribution in [3.63, 3.8) is 0 Å². The summed E-state index contributed by atoms with van der Waals surface area (Å²) in [6.45, 7) is 13.6. The van der Waals surface area contributed by atoms with Crippen molar-refractivity contribution in [1.82, 2.24) is 19.5 Å². The van der Waals surface area contributed by atoms with Crippen LogP contribution in [0.25, 0.3) is 94.8 Å². The van der Waals surface area contributed by atoms with E-state index < -0.39 is 0 Å². The van der Waals surface area contributed by atoms with Crippen molar-refractivity contribution in [2.24, 2.45) is 0 Å². The van der Waals surface area contributed by atoms with Crippen molar-refractivity contribution in [3.8, 4) is 78.7 Å². The summed E-state index contributed by atoms with van der Waals surface area (Å²) in [5.41, 5.74) is 17.3. The number of aromatic nitrogens is 4. The van der Waals surface area contributed by atoms with E-state index in [0.29, 0.717) is 11.3 Å². The number of fused-ring (bicyclic) bond motifs is 3. The van der Waals surface area contributed by atoms with Gasteiger partial charge in [-0.2, -0.15) is 0 Å². The Morgan fingerprint density at radius 3 is 1.75 bits per heavy atom. The molecule has 0 atom stereocenters. The third-order valence-corrected chi connectivity index (χ3v) is 12.3. The number of nitrogens with zero attached hydrogens (tertiary/aromatic N) is 4. The van der Waals surface area contributed by atoms with Crippen molar-refractivity contribution in [3.05, 3.63) is 199 Å². The quantitative estimate of drug-likeness (QED) is 0.174. The van der Waals surface area contributed by atoms with Gasteiger partial charge in [-0.25, -0.2) is 4.98 Å². The van der Waals surface area contributed by atoms with Crippen LogP contribution >= 0.6 is 0 Å². The number of rotatable bonds is 7. The Balaban J connectivity index is 1.09. The molecule has 5 heteroatoms. The van der Waals surface area contributed by atoms with Gasteiger partial charge in [0.25, 0.3) is 0 Å². The molecule has 0 spiro atoms. The molecule has 312 valence electrons. The van der Waals surface area contributed by atoms with Crippen LogP contribution in [0.4, 0.5) is 0 Å². The fourth-order valence-corrected chi connectivity index (χ4v) is 8.76. The van der Waals surface area contributed by atoms with Crippen LogP contribution in [0.3, 0.4) is 0 Å². The Morgan fingerprint density at radius 2 is 1.02 bits per heavy atom. The first-order valence-corrected chi connectivity index (χ1v) is 22.0. The van der Waals surface area contributed by atoms with E-state index in [2.05, 4.69) is 185 Å². The molecule has 0 radical (unpaired) electrons. The van der Waals surface area contributed by atoms with Gasteiger partial charge in [-0.05, 0) is 111 Å². The van der Waals surface area contributed by atoms with Crippen molar-refractivity contribution in [2.45, 2.75) is 52.4 Å². The van der Waals surface area contributed by atoms with Crippen molar-refractivity contribution >= 4 is 21.8 Å². The van der Waals surface area contributed by atoms with Crippen LogP contribution < -0.4 is 0 Å². The summed E-state index contributed by atoms with van der Waals surface area (Å²) in [4.78, 5) is 14.8. The maximum absolute atomic E-state index is 11.1. The molecular weight excluding hydrogens is 781 g/mol. The topological polar surface area (TPSA) is 63.8 Å². The molecule has 0 aliphatic rings. The number of pyridine rings is 3. The monoisotopic (exact) mass is 830 g/mol. The lowest BCUT2D eigenvalue weighted by Gasteiger charge is -2.26. The fourth-order valence-electron chi connectivity index (χ4n) is 8.76. The van der Waals surface area contributed by atoms with Gasteiger partial charge in [0, 0.05) is 56.7 Å². The van der Waals surface area contributed by atoms with Gasteiger partial charge < -0.3 is 9.67 Å². The van der Waals surface area contributed by atoms with E-state index in [1.165, 1.54) is 21.9 Å². The fraction of sp³-hybridized carbons (Fsp3) is 0.136. The van der Waals surface area contributed by atoms with Gasteiger partial charge in [-0.1, -0.05) is 145 Å². The van der Waals surface area contributed by atoms with Crippen LogP contribution in [0.1, 0.15) is 52.7 Å². The lowest BCUT2D eigenvalue weighted by atomic mass is 9.79. The largest absolute Gasteiger partial charge is 0.507 e. The Morgan fingerprint density at radius 1 is 0.406 bits per heavy atom. The molecule has 0 aliphatic carbocycles.